The van der Waals surface area contributed by atoms with Gasteiger partial charge in [-0.2, -0.15) is 0 Å². The molecule has 2 heterocycles. The molecule has 0 aromatic carbocycles. The molecule has 1 aliphatic heterocycles. The van der Waals surface area contributed by atoms with Crippen molar-refractivity contribution in [2.75, 3.05) is 20.3 Å². The minimum atomic E-state index is -0.341. The van der Waals surface area contributed by atoms with Crippen LogP contribution in [0.15, 0.2) is 29.4 Å². The minimum Gasteiger partial charge on any atom is -0.466 e. The zero-order valence-electron chi connectivity index (χ0n) is 15.2. The summed E-state index contributed by atoms with van der Waals surface area (Å²) in [6.07, 6.45) is 8.74. The predicted octanol–water partition coefficient (Wildman–Crippen LogP) is 4.75. The molecule has 0 saturated carbocycles. The maximum absolute atomic E-state index is 6.55. The highest BCUT2D eigenvalue weighted by Gasteiger charge is 2.58. The summed E-state index contributed by atoms with van der Waals surface area (Å²) >= 11 is 0. The van der Waals surface area contributed by atoms with Crippen LogP contribution in [0.25, 0.3) is 0 Å². The highest BCUT2D eigenvalue weighted by atomic mass is 16.5. The van der Waals surface area contributed by atoms with Gasteiger partial charge in [0.1, 0.15) is 17.5 Å². The summed E-state index contributed by atoms with van der Waals surface area (Å²) in [6, 6.07) is 2.08. The summed E-state index contributed by atoms with van der Waals surface area (Å²) in [6.45, 7) is 9.66. The van der Waals surface area contributed by atoms with Gasteiger partial charge in [-0.15, -0.1) is 6.58 Å². The summed E-state index contributed by atoms with van der Waals surface area (Å²) in [5.74, 6) is 0.954. The summed E-state index contributed by atoms with van der Waals surface area (Å²) in [5.41, 5.74) is 0.814. The van der Waals surface area contributed by atoms with Crippen LogP contribution < -0.4 is 0 Å². The van der Waals surface area contributed by atoms with E-state index in [1.807, 2.05) is 6.08 Å². The predicted molar refractivity (Wildman–Crippen MR) is 92.9 cm³/mol. The van der Waals surface area contributed by atoms with Crippen molar-refractivity contribution >= 4 is 0 Å². The van der Waals surface area contributed by atoms with Crippen molar-refractivity contribution in [2.45, 2.75) is 63.8 Å². The van der Waals surface area contributed by atoms with Crippen LogP contribution >= 0.6 is 0 Å². The number of ether oxygens (including phenoxy) is 3. The fourth-order valence-corrected chi connectivity index (χ4v) is 4.63. The molecule has 3 rings (SSSR count). The lowest BCUT2D eigenvalue weighted by atomic mass is 9.58. The second-order valence-electron chi connectivity index (χ2n) is 7.46. The number of fused-ring (bicyclic) bond motifs is 6. The molecule has 0 spiro atoms. The Hall–Kier alpha value is -1.10. The van der Waals surface area contributed by atoms with E-state index in [9.17, 15) is 0 Å². The Bertz CT molecular complexity index is 566. The quantitative estimate of drug-likeness (QED) is 0.533. The molecule has 4 nitrogen and oxygen atoms in total. The highest BCUT2D eigenvalue weighted by Crippen LogP contribution is 2.61. The molecule has 1 aliphatic carbocycles. The van der Waals surface area contributed by atoms with Gasteiger partial charge in [0.2, 0.25) is 0 Å². The van der Waals surface area contributed by atoms with Gasteiger partial charge in [-0.05, 0) is 45.1 Å². The van der Waals surface area contributed by atoms with Crippen molar-refractivity contribution in [2.24, 2.45) is 5.41 Å². The first-order chi connectivity index (χ1) is 11.6. The lowest BCUT2D eigenvalue weighted by Gasteiger charge is -2.55. The third kappa shape index (κ3) is 2.85. The first-order valence-corrected chi connectivity index (χ1v) is 9.03. The number of furan rings is 1. The van der Waals surface area contributed by atoms with Crippen molar-refractivity contribution in [1.29, 1.82) is 0 Å². The van der Waals surface area contributed by atoms with Crippen LogP contribution in [0, 0.1) is 5.41 Å². The maximum atomic E-state index is 6.55. The average Bonchev–Trinajstić information content (AvgIpc) is 3.03. The van der Waals surface area contributed by atoms with E-state index in [4.69, 9.17) is 18.6 Å². The van der Waals surface area contributed by atoms with Gasteiger partial charge in [-0.3, -0.25) is 0 Å². The van der Waals surface area contributed by atoms with E-state index in [0.29, 0.717) is 6.61 Å². The standard InChI is InChI=1S/C20H30O4/c1-5-11-23-20-10-7-15(2)24-17(18-16(20)8-13-22-18)14-19(20,3)9-6-12-21-4/h5,8,13,15,17H,1,6-7,9-12,14H2,2-4H3/t15?,17-,19-,20+/m1/s1. The summed E-state index contributed by atoms with van der Waals surface area (Å²) < 4.78 is 24.0. The van der Waals surface area contributed by atoms with Crippen LogP contribution in [-0.2, 0) is 19.8 Å². The molecule has 2 bridgehead atoms. The third-order valence-electron chi connectivity index (χ3n) is 5.86. The molecular weight excluding hydrogens is 304 g/mol. The molecular formula is C20H30O4. The van der Waals surface area contributed by atoms with Crippen molar-refractivity contribution in [3.05, 3.63) is 36.3 Å². The molecule has 1 fully saturated rings. The van der Waals surface area contributed by atoms with E-state index in [0.717, 1.165) is 44.5 Å². The average molecular weight is 334 g/mol. The van der Waals surface area contributed by atoms with Gasteiger partial charge in [0, 0.05) is 24.7 Å². The van der Waals surface area contributed by atoms with E-state index in [1.165, 1.54) is 5.56 Å². The minimum absolute atomic E-state index is 0.0123. The first kappa shape index (κ1) is 17.7. The van der Waals surface area contributed by atoms with Crippen LogP contribution in [0.4, 0.5) is 0 Å². The summed E-state index contributed by atoms with van der Waals surface area (Å²) in [5, 5.41) is 0. The SMILES string of the molecule is C=CCO[C@]12CCC(C)O[C@H](C[C@@]1(C)CCCOC)c1occc12. The molecule has 24 heavy (non-hydrogen) atoms. The van der Waals surface area contributed by atoms with Gasteiger partial charge in [0.25, 0.3) is 0 Å². The molecule has 1 aromatic rings. The second-order valence-corrected chi connectivity index (χ2v) is 7.46. The molecule has 2 aliphatic rings. The van der Waals surface area contributed by atoms with E-state index in [2.05, 4.69) is 26.5 Å². The summed E-state index contributed by atoms with van der Waals surface area (Å²) in [4.78, 5) is 0. The molecule has 1 unspecified atom stereocenters. The van der Waals surface area contributed by atoms with Gasteiger partial charge in [-0.1, -0.05) is 13.0 Å². The number of hydrogen-bond donors (Lipinski definition) is 0. The van der Waals surface area contributed by atoms with E-state index in [1.54, 1.807) is 13.4 Å². The Morgan fingerprint density at radius 2 is 2.29 bits per heavy atom. The normalized spacial score (nSPS) is 35.3. The Labute approximate surface area is 145 Å². The first-order valence-electron chi connectivity index (χ1n) is 9.03. The molecule has 1 saturated heterocycles. The summed E-state index contributed by atoms with van der Waals surface area (Å²) in [7, 11) is 1.76. The van der Waals surface area contributed by atoms with Gasteiger partial charge in [0.05, 0.1) is 19.0 Å². The molecule has 0 amide bonds. The number of hydrogen-bond acceptors (Lipinski definition) is 4. The zero-order chi connectivity index (χ0) is 17.2. The third-order valence-corrected chi connectivity index (χ3v) is 5.86. The van der Waals surface area contributed by atoms with Crippen LogP contribution in [0.5, 0.6) is 0 Å². The molecule has 4 heteroatoms. The lowest BCUT2D eigenvalue weighted by Crippen LogP contribution is -2.52. The molecule has 0 N–H and O–H groups in total. The topological polar surface area (TPSA) is 40.8 Å². The lowest BCUT2D eigenvalue weighted by molar-refractivity contribution is -0.199. The van der Waals surface area contributed by atoms with Gasteiger partial charge in [-0.25, -0.2) is 0 Å². The monoisotopic (exact) mass is 334 g/mol. The zero-order valence-corrected chi connectivity index (χ0v) is 15.2. The van der Waals surface area contributed by atoms with E-state index < -0.39 is 0 Å². The van der Waals surface area contributed by atoms with E-state index >= 15 is 0 Å². The Morgan fingerprint density at radius 1 is 1.46 bits per heavy atom. The van der Waals surface area contributed by atoms with Crippen molar-refractivity contribution in [3.63, 3.8) is 0 Å². The fourth-order valence-electron chi connectivity index (χ4n) is 4.63. The highest BCUT2D eigenvalue weighted by molar-refractivity contribution is 5.34. The van der Waals surface area contributed by atoms with Crippen molar-refractivity contribution < 1.29 is 18.6 Å². The second kappa shape index (κ2) is 7.03. The number of rotatable bonds is 7. The van der Waals surface area contributed by atoms with Gasteiger partial charge < -0.3 is 18.6 Å². The Kier molecular flexibility index (Phi) is 5.19. The van der Waals surface area contributed by atoms with E-state index in [-0.39, 0.29) is 23.2 Å². The maximum Gasteiger partial charge on any atom is 0.138 e. The molecule has 1 aromatic heterocycles. The number of methoxy groups -OCH3 is 1. The van der Waals surface area contributed by atoms with Gasteiger partial charge >= 0.3 is 0 Å². The van der Waals surface area contributed by atoms with Crippen molar-refractivity contribution in [1.82, 2.24) is 0 Å². The van der Waals surface area contributed by atoms with Crippen molar-refractivity contribution in [3.8, 4) is 0 Å². The van der Waals surface area contributed by atoms with Crippen LogP contribution in [0.2, 0.25) is 0 Å². The van der Waals surface area contributed by atoms with Crippen LogP contribution in [-0.4, -0.2) is 26.4 Å². The van der Waals surface area contributed by atoms with Crippen LogP contribution in [0.1, 0.15) is 63.4 Å². The van der Waals surface area contributed by atoms with Crippen LogP contribution in [0.3, 0.4) is 0 Å². The molecule has 134 valence electrons. The smallest absolute Gasteiger partial charge is 0.138 e. The molecule has 0 radical (unpaired) electrons. The Balaban J connectivity index is 2.04. The molecule has 4 atom stereocenters. The Morgan fingerprint density at radius 3 is 3.04 bits per heavy atom. The largest absolute Gasteiger partial charge is 0.466 e. The van der Waals surface area contributed by atoms with Gasteiger partial charge in [0.15, 0.2) is 0 Å². The fraction of sp³-hybridized carbons (Fsp3) is 0.700.